The van der Waals surface area contributed by atoms with E-state index >= 15 is 0 Å². The highest BCUT2D eigenvalue weighted by molar-refractivity contribution is 5.77. The fourth-order valence-corrected chi connectivity index (χ4v) is 2.94. The van der Waals surface area contributed by atoms with Gasteiger partial charge in [0.2, 0.25) is 0 Å². The average Bonchev–Trinajstić information content (AvgIpc) is 3.09. The molecule has 0 fully saturated rings. The van der Waals surface area contributed by atoms with Crippen LogP contribution in [0, 0.1) is 22.8 Å². The smallest absolute Gasteiger partial charge is 0.189 e. The van der Waals surface area contributed by atoms with E-state index < -0.39 is 0 Å². The molecule has 0 atom stereocenters. The number of hydrogen-bond donors (Lipinski definition) is 0. The van der Waals surface area contributed by atoms with Gasteiger partial charge in [-0.1, -0.05) is 12.1 Å². The number of aromatic nitrogens is 1. The Morgan fingerprint density at radius 1 is 0.963 bits per heavy atom. The Bertz CT molecular complexity index is 1060. The molecule has 1 aromatic heterocycles. The van der Waals surface area contributed by atoms with Gasteiger partial charge in [-0.3, -0.25) is 0 Å². The molecule has 1 heterocycles. The van der Waals surface area contributed by atoms with Gasteiger partial charge in [-0.15, -0.1) is 0 Å². The first kappa shape index (κ1) is 17.9. The minimum Gasteiger partial charge on any atom is -0.497 e. The molecule has 2 aromatic carbocycles. The van der Waals surface area contributed by atoms with Crippen LogP contribution in [-0.4, -0.2) is 18.8 Å². The molecule has 0 N–H and O–H groups in total. The van der Waals surface area contributed by atoms with Crippen molar-refractivity contribution >= 4 is 11.4 Å². The van der Waals surface area contributed by atoms with Crippen LogP contribution in [0.2, 0.25) is 0 Å². The van der Waals surface area contributed by atoms with Crippen LogP contribution in [0.25, 0.3) is 11.3 Å². The Morgan fingerprint density at radius 3 is 2.41 bits per heavy atom. The molecule has 0 aliphatic heterocycles. The second-order valence-corrected chi connectivity index (χ2v) is 5.80. The molecule has 3 aromatic rings. The van der Waals surface area contributed by atoms with Crippen LogP contribution in [0.15, 0.2) is 54.6 Å². The molecule has 134 valence electrons. The molecule has 0 amide bonds. The van der Waals surface area contributed by atoms with Crippen molar-refractivity contribution in [2.75, 3.05) is 19.1 Å². The molecule has 6 nitrogen and oxygen atoms in total. The Balaban J connectivity index is 2.06. The highest BCUT2D eigenvalue weighted by Gasteiger charge is 2.17. The van der Waals surface area contributed by atoms with Crippen molar-refractivity contribution in [1.82, 2.24) is 4.57 Å². The normalized spacial score (nSPS) is 9.96. The predicted octanol–water partition coefficient (Wildman–Crippen LogP) is 4.20. The largest absolute Gasteiger partial charge is 0.497 e. The lowest BCUT2D eigenvalue weighted by atomic mass is 10.1. The summed E-state index contributed by atoms with van der Waals surface area (Å²) in [7, 11) is 4.99. The van der Waals surface area contributed by atoms with E-state index in [9.17, 15) is 5.26 Å². The van der Waals surface area contributed by atoms with Crippen molar-refractivity contribution in [2.45, 2.75) is 0 Å². The SMILES string of the molecule is COc1cccc(N(C#N)c2ccc(-c3ccc(C#N)n3C)cc2OC)c1. The summed E-state index contributed by atoms with van der Waals surface area (Å²) in [6.07, 6.45) is 2.19. The second kappa shape index (κ2) is 7.55. The number of hydrogen-bond acceptors (Lipinski definition) is 5. The highest BCUT2D eigenvalue weighted by Crippen LogP contribution is 2.37. The van der Waals surface area contributed by atoms with Crippen LogP contribution >= 0.6 is 0 Å². The molecule has 0 unspecified atom stereocenters. The van der Waals surface area contributed by atoms with E-state index in [0.717, 1.165) is 11.3 Å². The van der Waals surface area contributed by atoms with E-state index in [4.69, 9.17) is 14.7 Å². The molecule has 0 radical (unpaired) electrons. The predicted molar refractivity (Wildman–Crippen MR) is 103 cm³/mol. The Labute approximate surface area is 158 Å². The maximum absolute atomic E-state index is 9.72. The lowest BCUT2D eigenvalue weighted by molar-refractivity contribution is 0.414. The topological polar surface area (TPSA) is 74.2 Å². The minimum absolute atomic E-state index is 0.552. The maximum atomic E-state index is 9.72. The summed E-state index contributed by atoms with van der Waals surface area (Å²) in [6.45, 7) is 0. The molecule has 27 heavy (non-hydrogen) atoms. The van der Waals surface area contributed by atoms with Crippen molar-refractivity contribution in [2.24, 2.45) is 7.05 Å². The summed E-state index contributed by atoms with van der Waals surface area (Å²) in [5, 5.41) is 18.9. The molecule has 0 saturated heterocycles. The van der Waals surface area contributed by atoms with Crippen molar-refractivity contribution < 1.29 is 9.47 Å². The second-order valence-electron chi connectivity index (χ2n) is 5.80. The zero-order chi connectivity index (χ0) is 19.4. The van der Waals surface area contributed by atoms with Gasteiger partial charge in [-0.2, -0.15) is 10.5 Å². The standard InChI is InChI=1S/C21H18N4O2/c1-24-17(13-22)8-10-19(24)15-7-9-20(21(11-15)27-3)25(14-23)16-5-4-6-18(12-16)26-2/h4-12H,1-3H3. The van der Waals surface area contributed by atoms with Gasteiger partial charge in [0.25, 0.3) is 0 Å². The summed E-state index contributed by atoms with van der Waals surface area (Å²) in [6, 6.07) is 18.7. The quantitative estimate of drug-likeness (QED) is 0.505. The van der Waals surface area contributed by atoms with Gasteiger partial charge in [-0.25, -0.2) is 4.90 Å². The van der Waals surface area contributed by atoms with Crippen LogP contribution in [0.5, 0.6) is 11.5 Å². The third-order valence-corrected chi connectivity index (χ3v) is 4.36. The molecule has 0 aliphatic rings. The van der Waals surface area contributed by atoms with Gasteiger partial charge in [0.05, 0.1) is 25.6 Å². The van der Waals surface area contributed by atoms with Gasteiger partial charge in [-0.05, 0) is 36.4 Å². The van der Waals surface area contributed by atoms with Crippen LogP contribution in [0.4, 0.5) is 11.4 Å². The maximum Gasteiger partial charge on any atom is 0.189 e. The van der Waals surface area contributed by atoms with Gasteiger partial charge >= 0.3 is 0 Å². The minimum atomic E-state index is 0.552. The fraction of sp³-hybridized carbons (Fsp3) is 0.143. The molecular formula is C21H18N4O2. The van der Waals surface area contributed by atoms with Crippen LogP contribution < -0.4 is 14.4 Å². The molecule has 3 rings (SSSR count). The van der Waals surface area contributed by atoms with Gasteiger partial charge in [0.1, 0.15) is 23.3 Å². The molecule has 6 heteroatoms. The third-order valence-electron chi connectivity index (χ3n) is 4.36. The molecule has 0 saturated carbocycles. The number of nitriles is 2. The monoisotopic (exact) mass is 358 g/mol. The summed E-state index contributed by atoms with van der Waals surface area (Å²) in [5.74, 6) is 1.22. The lowest BCUT2D eigenvalue weighted by Crippen LogP contribution is -2.10. The zero-order valence-corrected chi connectivity index (χ0v) is 15.3. The van der Waals surface area contributed by atoms with Crippen molar-refractivity contribution in [3.05, 3.63) is 60.3 Å². The van der Waals surface area contributed by atoms with Crippen LogP contribution in [-0.2, 0) is 7.05 Å². The number of nitrogens with zero attached hydrogens (tertiary/aromatic N) is 4. The van der Waals surface area contributed by atoms with E-state index in [1.165, 1.54) is 4.90 Å². The Kier molecular flexibility index (Phi) is 5.01. The Morgan fingerprint density at radius 2 is 1.78 bits per heavy atom. The lowest BCUT2D eigenvalue weighted by Gasteiger charge is -2.20. The van der Waals surface area contributed by atoms with Gasteiger partial charge in [0.15, 0.2) is 6.19 Å². The molecular weight excluding hydrogens is 340 g/mol. The van der Waals surface area contributed by atoms with E-state index in [1.807, 2.05) is 54.1 Å². The van der Waals surface area contributed by atoms with E-state index in [2.05, 4.69) is 12.3 Å². The van der Waals surface area contributed by atoms with Crippen LogP contribution in [0.3, 0.4) is 0 Å². The van der Waals surface area contributed by atoms with Crippen molar-refractivity contribution in [1.29, 1.82) is 10.5 Å². The van der Waals surface area contributed by atoms with E-state index in [-0.39, 0.29) is 0 Å². The molecule has 0 spiro atoms. The van der Waals surface area contributed by atoms with E-state index in [0.29, 0.717) is 28.6 Å². The number of anilines is 2. The van der Waals surface area contributed by atoms with Crippen molar-refractivity contribution in [3.8, 4) is 35.0 Å². The first-order valence-corrected chi connectivity index (χ1v) is 8.21. The zero-order valence-electron chi connectivity index (χ0n) is 15.3. The summed E-state index contributed by atoms with van der Waals surface area (Å²) < 4.78 is 12.6. The third kappa shape index (κ3) is 3.29. The molecule has 0 aliphatic carbocycles. The van der Waals surface area contributed by atoms with Gasteiger partial charge < -0.3 is 14.0 Å². The number of ether oxygens (including phenoxy) is 2. The number of rotatable bonds is 5. The highest BCUT2D eigenvalue weighted by atomic mass is 16.5. The Hall–Kier alpha value is -3.90. The molecule has 0 bridgehead atoms. The van der Waals surface area contributed by atoms with Crippen molar-refractivity contribution in [3.63, 3.8) is 0 Å². The van der Waals surface area contributed by atoms with Gasteiger partial charge in [0, 0.05) is 24.4 Å². The van der Waals surface area contributed by atoms with E-state index in [1.54, 1.807) is 26.4 Å². The summed E-state index contributed by atoms with van der Waals surface area (Å²) >= 11 is 0. The first-order chi connectivity index (χ1) is 13.1. The fourth-order valence-electron chi connectivity index (χ4n) is 2.94. The average molecular weight is 358 g/mol. The summed E-state index contributed by atoms with van der Waals surface area (Å²) in [4.78, 5) is 1.48. The summed E-state index contributed by atoms with van der Waals surface area (Å²) in [5.41, 5.74) is 3.65. The number of benzene rings is 2. The first-order valence-electron chi connectivity index (χ1n) is 8.21. The van der Waals surface area contributed by atoms with Crippen LogP contribution in [0.1, 0.15) is 5.69 Å². The number of methoxy groups -OCH3 is 2.